The third kappa shape index (κ3) is 3.67. The highest BCUT2D eigenvalue weighted by Crippen LogP contribution is 2.28. The molecule has 0 saturated carbocycles. The molecule has 2 aromatic heterocycles. The van der Waals surface area contributed by atoms with E-state index < -0.39 is 5.41 Å². The molecule has 0 aliphatic heterocycles. The number of halogens is 1. The van der Waals surface area contributed by atoms with Crippen LogP contribution in [0.5, 0.6) is 0 Å². The van der Waals surface area contributed by atoms with Crippen molar-refractivity contribution in [3.63, 3.8) is 0 Å². The van der Waals surface area contributed by atoms with Gasteiger partial charge in [0.25, 0.3) is 0 Å². The van der Waals surface area contributed by atoms with Crippen LogP contribution in [0, 0.1) is 0 Å². The highest BCUT2D eigenvalue weighted by Gasteiger charge is 2.34. The van der Waals surface area contributed by atoms with Crippen LogP contribution in [0.4, 0.5) is 0 Å². The largest absolute Gasteiger partial charge is 0.465 e. The maximum Gasteiger partial charge on any atom is 0.317 e. The Morgan fingerprint density at radius 2 is 2.27 bits per heavy atom. The van der Waals surface area contributed by atoms with Gasteiger partial charge in [-0.1, -0.05) is 11.6 Å². The van der Waals surface area contributed by atoms with Crippen LogP contribution < -0.4 is 0 Å². The van der Waals surface area contributed by atoms with Crippen LogP contribution in [0.1, 0.15) is 44.4 Å². The highest BCUT2D eigenvalue weighted by atomic mass is 35.5. The van der Waals surface area contributed by atoms with Crippen molar-refractivity contribution in [3.05, 3.63) is 33.5 Å². The van der Waals surface area contributed by atoms with Crippen molar-refractivity contribution in [1.29, 1.82) is 0 Å². The average molecular weight is 342 g/mol. The summed E-state index contributed by atoms with van der Waals surface area (Å²) < 4.78 is 6.94. The Labute approximate surface area is 139 Å². The number of esters is 1. The normalized spacial score (nSPS) is 13.1. The van der Waals surface area contributed by atoms with Gasteiger partial charge in [-0.25, -0.2) is 4.98 Å². The minimum atomic E-state index is -0.733. The van der Waals surface area contributed by atoms with Gasteiger partial charge in [-0.05, 0) is 27.7 Å². The molecule has 0 spiro atoms. The second-order valence-electron chi connectivity index (χ2n) is 5.66. The van der Waals surface area contributed by atoms with Crippen LogP contribution in [0.15, 0.2) is 17.8 Å². The molecule has 120 valence electrons. The molecule has 0 N–H and O–H groups in total. The summed E-state index contributed by atoms with van der Waals surface area (Å²) in [6.07, 6.45) is 4.15. The number of carbonyl (C=O) groups excluding carboxylic acids is 1. The monoisotopic (exact) mass is 341 g/mol. The van der Waals surface area contributed by atoms with Gasteiger partial charge in [0.15, 0.2) is 0 Å². The van der Waals surface area contributed by atoms with Crippen LogP contribution in [0.25, 0.3) is 0 Å². The molecular formula is C15H20ClN3O2S. The van der Waals surface area contributed by atoms with Gasteiger partial charge in [0, 0.05) is 18.0 Å². The number of ether oxygens (including phenoxy) is 1. The van der Waals surface area contributed by atoms with Crippen molar-refractivity contribution in [1.82, 2.24) is 14.8 Å². The molecular weight excluding hydrogens is 322 g/mol. The molecule has 2 rings (SSSR count). The zero-order valence-electron chi connectivity index (χ0n) is 13.2. The summed E-state index contributed by atoms with van der Waals surface area (Å²) >= 11 is 7.44. The van der Waals surface area contributed by atoms with E-state index in [1.807, 2.05) is 23.9 Å². The highest BCUT2D eigenvalue weighted by molar-refractivity contribution is 7.09. The minimum absolute atomic E-state index is 0.150. The maximum absolute atomic E-state index is 12.0. The van der Waals surface area contributed by atoms with E-state index in [-0.39, 0.29) is 12.0 Å². The SMILES string of the molecule is CCOC(=O)C(C)(C)c1csc(C[C@@H](C)n2cc(Cl)cn2)n1. The first-order chi connectivity index (χ1) is 10.3. The Morgan fingerprint density at radius 1 is 1.55 bits per heavy atom. The number of hydrogen-bond donors (Lipinski definition) is 0. The molecule has 5 nitrogen and oxygen atoms in total. The molecule has 7 heteroatoms. The van der Waals surface area contributed by atoms with Gasteiger partial charge in [-0.3, -0.25) is 9.48 Å². The van der Waals surface area contributed by atoms with Gasteiger partial charge >= 0.3 is 5.97 Å². The van der Waals surface area contributed by atoms with E-state index in [0.717, 1.165) is 17.1 Å². The average Bonchev–Trinajstić information content (AvgIpc) is 3.08. The number of hydrogen-bond acceptors (Lipinski definition) is 5. The Hall–Kier alpha value is -1.40. The molecule has 2 heterocycles. The third-order valence-corrected chi connectivity index (χ3v) is 4.54. The molecule has 0 unspecified atom stereocenters. The Morgan fingerprint density at radius 3 is 2.86 bits per heavy atom. The van der Waals surface area contributed by atoms with Crippen molar-refractivity contribution < 1.29 is 9.53 Å². The molecule has 0 aliphatic rings. The number of nitrogens with zero attached hydrogens (tertiary/aromatic N) is 3. The topological polar surface area (TPSA) is 57.0 Å². The number of carbonyl (C=O) groups is 1. The van der Waals surface area contributed by atoms with Crippen LogP contribution in [-0.4, -0.2) is 27.3 Å². The van der Waals surface area contributed by atoms with Crippen LogP contribution in [-0.2, 0) is 21.4 Å². The van der Waals surface area contributed by atoms with Crippen LogP contribution in [0.3, 0.4) is 0 Å². The van der Waals surface area contributed by atoms with E-state index in [1.165, 1.54) is 0 Å². The molecule has 22 heavy (non-hydrogen) atoms. The Balaban J connectivity index is 2.09. The van der Waals surface area contributed by atoms with Crippen molar-refractivity contribution >= 4 is 28.9 Å². The second kappa shape index (κ2) is 6.79. The fourth-order valence-electron chi connectivity index (χ4n) is 2.01. The fourth-order valence-corrected chi connectivity index (χ4v) is 3.24. The molecule has 1 atom stereocenters. The lowest BCUT2D eigenvalue weighted by Gasteiger charge is -2.19. The quantitative estimate of drug-likeness (QED) is 0.753. The van der Waals surface area contributed by atoms with Crippen molar-refractivity contribution in [3.8, 4) is 0 Å². The van der Waals surface area contributed by atoms with Gasteiger partial charge in [0.2, 0.25) is 0 Å². The van der Waals surface area contributed by atoms with E-state index >= 15 is 0 Å². The minimum Gasteiger partial charge on any atom is -0.465 e. The van der Waals surface area contributed by atoms with E-state index in [0.29, 0.717) is 11.6 Å². The molecule has 0 aromatic carbocycles. The van der Waals surface area contributed by atoms with Crippen molar-refractivity contribution in [2.45, 2.75) is 45.6 Å². The second-order valence-corrected chi connectivity index (χ2v) is 7.04. The lowest BCUT2D eigenvalue weighted by atomic mass is 9.90. The molecule has 0 saturated heterocycles. The predicted molar refractivity (Wildman–Crippen MR) is 87.4 cm³/mol. The van der Waals surface area contributed by atoms with Gasteiger partial charge < -0.3 is 4.74 Å². The van der Waals surface area contributed by atoms with E-state index in [1.54, 1.807) is 30.7 Å². The summed E-state index contributed by atoms with van der Waals surface area (Å²) in [7, 11) is 0. The third-order valence-electron chi connectivity index (χ3n) is 3.47. The lowest BCUT2D eigenvalue weighted by molar-refractivity contribution is -0.148. The summed E-state index contributed by atoms with van der Waals surface area (Å²) in [5.41, 5.74) is 0.0138. The zero-order chi connectivity index (χ0) is 16.3. The van der Waals surface area contributed by atoms with E-state index in [9.17, 15) is 4.79 Å². The predicted octanol–water partition coefficient (Wildman–Crippen LogP) is 3.64. The van der Waals surface area contributed by atoms with Gasteiger partial charge in [-0.15, -0.1) is 11.3 Å². The maximum atomic E-state index is 12.0. The number of aromatic nitrogens is 3. The van der Waals surface area contributed by atoms with E-state index in [2.05, 4.69) is 17.0 Å². The molecule has 0 amide bonds. The summed E-state index contributed by atoms with van der Waals surface area (Å²) in [5, 5.41) is 7.72. The molecule has 2 aromatic rings. The lowest BCUT2D eigenvalue weighted by Crippen LogP contribution is -2.31. The molecule has 0 bridgehead atoms. The molecule has 0 radical (unpaired) electrons. The van der Waals surface area contributed by atoms with Gasteiger partial charge in [0.1, 0.15) is 5.41 Å². The Bertz CT molecular complexity index is 651. The summed E-state index contributed by atoms with van der Waals surface area (Å²) in [5.74, 6) is -0.251. The number of thiazole rings is 1. The van der Waals surface area contributed by atoms with Gasteiger partial charge in [0.05, 0.1) is 34.6 Å². The van der Waals surface area contributed by atoms with E-state index in [4.69, 9.17) is 16.3 Å². The molecule has 0 aliphatic carbocycles. The van der Waals surface area contributed by atoms with Crippen LogP contribution >= 0.6 is 22.9 Å². The molecule has 0 fully saturated rings. The van der Waals surface area contributed by atoms with Crippen molar-refractivity contribution in [2.24, 2.45) is 0 Å². The first-order valence-electron chi connectivity index (χ1n) is 7.16. The van der Waals surface area contributed by atoms with Gasteiger partial charge in [-0.2, -0.15) is 5.10 Å². The first-order valence-corrected chi connectivity index (χ1v) is 8.42. The standard InChI is InChI=1S/C15H20ClN3O2S/c1-5-21-14(20)15(3,4)12-9-22-13(18-12)6-10(2)19-8-11(16)7-17-19/h7-10H,5-6H2,1-4H3/t10-/m1/s1. The Kier molecular flexibility index (Phi) is 5.24. The zero-order valence-corrected chi connectivity index (χ0v) is 14.7. The smallest absolute Gasteiger partial charge is 0.317 e. The van der Waals surface area contributed by atoms with Crippen LogP contribution in [0.2, 0.25) is 5.02 Å². The summed E-state index contributed by atoms with van der Waals surface area (Å²) in [4.78, 5) is 16.6. The first kappa shape index (κ1) is 17.0. The summed E-state index contributed by atoms with van der Waals surface area (Å²) in [6, 6.07) is 0.150. The fraction of sp³-hybridized carbons (Fsp3) is 0.533. The number of rotatable bonds is 6. The summed E-state index contributed by atoms with van der Waals surface area (Å²) in [6.45, 7) is 7.90. The van der Waals surface area contributed by atoms with Crippen molar-refractivity contribution in [2.75, 3.05) is 6.61 Å².